The van der Waals surface area contributed by atoms with Crippen LogP contribution in [0.2, 0.25) is 0 Å². The molecule has 144 valence electrons. The third-order valence-electron chi connectivity index (χ3n) is 5.10. The number of benzene rings is 1. The largest absolute Gasteiger partial charge is 0.369 e. The molecule has 1 N–H and O–H groups in total. The quantitative estimate of drug-likeness (QED) is 0.846. The molecule has 1 atom stereocenters. The Bertz CT molecular complexity index is 732. The van der Waals surface area contributed by atoms with Gasteiger partial charge in [0.2, 0.25) is 5.91 Å². The highest BCUT2D eigenvalue weighted by molar-refractivity contribution is 5.93. The average Bonchev–Trinajstić information content (AvgIpc) is 2.70. The summed E-state index contributed by atoms with van der Waals surface area (Å²) in [5, 5.41) is 3.08. The van der Waals surface area contributed by atoms with Crippen molar-refractivity contribution < 1.29 is 4.79 Å². The standard InChI is InChI=1S/C21H29N5O/c1-4-26(16(2)3)19-9-7-18(8-10-19)24-21(27)17-6-5-13-25(15-17)20-14-22-11-12-23-20/h7-12,14,16-17H,4-6,13,15H2,1-3H3,(H,24,27). The monoisotopic (exact) mass is 367 g/mol. The van der Waals surface area contributed by atoms with Gasteiger partial charge in [0.05, 0.1) is 12.1 Å². The van der Waals surface area contributed by atoms with E-state index in [0.29, 0.717) is 12.6 Å². The summed E-state index contributed by atoms with van der Waals surface area (Å²) in [7, 11) is 0. The van der Waals surface area contributed by atoms with Crippen molar-refractivity contribution in [2.45, 2.75) is 39.7 Å². The maximum absolute atomic E-state index is 12.7. The van der Waals surface area contributed by atoms with Crippen LogP contribution >= 0.6 is 0 Å². The van der Waals surface area contributed by atoms with E-state index in [1.54, 1.807) is 18.6 Å². The van der Waals surface area contributed by atoms with E-state index in [1.807, 2.05) is 12.1 Å². The SMILES string of the molecule is CCN(c1ccc(NC(=O)C2CCCN(c3cnccn3)C2)cc1)C(C)C. The minimum Gasteiger partial charge on any atom is -0.369 e. The van der Waals surface area contributed by atoms with Gasteiger partial charge in [0, 0.05) is 49.4 Å². The number of hydrogen-bond acceptors (Lipinski definition) is 5. The molecule has 6 nitrogen and oxygen atoms in total. The zero-order valence-electron chi connectivity index (χ0n) is 16.4. The highest BCUT2D eigenvalue weighted by atomic mass is 16.1. The lowest BCUT2D eigenvalue weighted by atomic mass is 9.97. The van der Waals surface area contributed by atoms with Crippen molar-refractivity contribution in [3.63, 3.8) is 0 Å². The molecule has 1 unspecified atom stereocenters. The zero-order valence-corrected chi connectivity index (χ0v) is 16.4. The molecular formula is C21H29N5O. The van der Waals surface area contributed by atoms with Gasteiger partial charge in [0.15, 0.2) is 0 Å². The van der Waals surface area contributed by atoms with Crippen LogP contribution in [0.3, 0.4) is 0 Å². The van der Waals surface area contributed by atoms with Crippen LogP contribution < -0.4 is 15.1 Å². The maximum atomic E-state index is 12.7. The highest BCUT2D eigenvalue weighted by Gasteiger charge is 2.26. The van der Waals surface area contributed by atoms with Crippen molar-refractivity contribution in [1.82, 2.24) is 9.97 Å². The Morgan fingerprint density at radius 2 is 2.07 bits per heavy atom. The van der Waals surface area contributed by atoms with Crippen molar-refractivity contribution in [3.8, 4) is 0 Å². The summed E-state index contributed by atoms with van der Waals surface area (Å²) in [6.45, 7) is 9.08. The molecule has 1 saturated heterocycles. The molecule has 0 saturated carbocycles. The predicted octanol–water partition coefficient (Wildman–Crippen LogP) is 3.57. The molecule has 0 radical (unpaired) electrons. The Kier molecular flexibility index (Phi) is 6.27. The van der Waals surface area contributed by atoms with E-state index in [0.717, 1.165) is 37.4 Å². The summed E-state index contributed by atoms with van der Waals surface area (Å²) >= 11 is 0. The number of nitrogens with one attached hydrogen (secondary N) is 1. The second-order valence-electron chi connectivity index (χ2n) is 7.26. The van der Waals surface area contributed by atoms with Gasteiger partial charge >= 0.3 is 0 Å². The van der Waals surface area contributed by atoms with Crippen LogP contribution in [0.15, 0.2) is 42.9 Å². The van der Waals surface area contributed by atoms with Gasteiger partial charge in [-0.2, -0.15) is 0 Å². The summed E-state index contributed by atoms with van der Waals surface area (Å²) in [6, 6.07) is 8.57. The van der Waals surface area contributed by atoms with Gasteiger partial charge in [0.1, 0.15) is 5.82 Å². The lowest BCUT2D eigenvalue weighted by Gasteiger charge is -2.32. The fraction of sp³-hybridized carbons (Fsp3) is 0.476. The first kappa shape index (κ1) is 19.1. The molecule has 1 aromatic carbocycles. The van der Waals surface area contributed by atoms with Crippen molar-refractivity contribution in [3.05, 3.63) is 42.9 Å². The average molecular weight is 367 g/mol. The van der Waals surface area contributed by atoms with Gasteiger partial charge in [-0.1, -0.05) is 0 Å². The molecule has 0 aliphatic carbocycles. The van der Waals surface area contributed by atoms with Crippen LogP contribution in [0.1, 0.15) is 33.6 Å². The molecule has 3 rings (SSSR count). The van der Waals surface area contributed by atoms with Crippen molar-refractivity contribution in [2.75, 3.05) is 34.8 Å². The maximum Gasteiger partial charge on any atom is 0.229 e. The molecule has 6 heteroatoms. The van der Waals surface area contributed by atoms with Gasteiger partial charge in [0.25, 0.3) is 0 Å². The second-order valence-corrected chi connectivity index (χ2v) is 7.26. The molecule has 1 amide bonds. The van der Waals surface area contributed by atoms with Crippen LogP contribution in [0, 0.1) is 5.92 Å². The zero-order chi connectivity index (χ0) is 19.2. The number of amides is 1. The lowest BCUT2D eigenvalue weighted by molar-refractivity contribution is -0.120. The molecule has 1 aliphatic rings. The van der Waals surface area contributed by atoms with Crippen molar-refractivity contribution >= 4 is 23.1 Å². The highest BCUT2D eigenvalue weighted by Crippen LogP contribution is 2.24. The number of carbonyl (C=O) groups is 1. The Morgan fingerprint density at radius 1 is 1.30 bits per heavy atom. The number of aromatic nitrogens is 2. The number of hydrogen-bond donors (Lipinski definition) is 1. The third kappa shape index (κ3) is 4.76. The van der Waals surface area contributed by atoms with Gasteiger partial charge in [-0.05, 0) is 57.9 Å². The Balaban J connectivity index is 1.61. The fourth-order valence-electron chi connectivity index (χ4n) is 3.68. The van der Waals surface area contributed by atoms with E-state index in [-0.39, 0.29) is 11.8 Å². The van der Waals surface area contributed by atoms with Crippen molar-refractivity contribution in [1.29, 1.82) is 0 Å². The van der Waals surface area contributed by atoms with Crippen LogP contribution in [0.4, 0.5) is 17.2 Å². The minimum absolute atomic E-state index is 0.0387. The first-order chi connectivity index (χ1) is 13.1. The van der Waals surface area contributed by atoms with Crippen LogP contribution in [-0.2, 0) is 4.79 Å². The van der Waals surface area contributed by atoms with E-state index in [9.17, 15) is 4.79 Å². The number of anilines is 3. The van der Waals surface area contributed by atoms with E-state index in [4.69, 9.17) is 0 Å². The number of nitrogens with zero attached hydrogens (tertiary/aromatic N) is 4. The first-order valence-corrected chi connectivity index (χ1v) is 9.77. The minimum atomic E-state index is -0.0387. The Morgan fingerprint density at radius 3 is 2.70 bits per heavy atom. The molecule has 27 heavy (non-hydrogen) atoms. The smallest absolute Gasteiger partial charge is 0.229 e. The lowest BCUT2D eigenvalue weighted by Crippen LogP contribution is -2.41. The Labute approximate surface area is 161 Å². The summed E-state index contributed by atoms with van der Waals surface area (Å²) in [5.41, 5.74) is 2.03. The predicted molar refractivity (Wildman–Crippen MR) is 110 cm³/mol. The first-order valence-electron chi connectivity index (χ1n) is 9.77. The van der Waals surface area contributed by atoms with Crippen LogP contribution in [0.5, 0.6) is 0 Å². The van der Waals surface area contributed by atoms with Gasteiger partial charge in [-0.3, -0.25) is 9.78 Å². The molecule has 2 heterocycles. The van der Waals surface area contributed by atoms with E-state index < -0.39 is 0 Å². The van der Waals surface area contributed by atoms with Gasteiger partial charge in [-0.25, -0.2) is 4.98 Å². The third-order valence-corrected chi connectivity index (χ3v) is 5.10. The summed E-state index contributed by atoms with van der Waals surface area (Å²) in [6.07, 6.45) is 7.00. The molecule has 1 aliphatic heterocycles. The Hall–Kier alpha value is -2.63. The molecule has 1 aromatic heterocycles. The molecule has 2 aromatic rings. The van der Waals surface area contributed by atoms with E-state index >= 15 is 0 Å². The van der Waals surface area contributed by atoms with Crippen LogP contribution in [-0.4, -0.2) is 41.6 Å². The van der Waals surface area contributed by atoms with Gasteiger partial charge < -0.3 is 15.1 Å². The van der Waals surface area contributed by atoms with Crippen LogP contribution in [0.25, 0.3) is 0 Å². The summed E-state index contributed by atoms with van der Waals surface area (Å²) in [4.78, 5) is 25.7. The molecule has 0 bridgehead atoms. The topological polar surface area (TPSA) is 61.4 Å². The second kappa shape index (κ2) is 8.84. The number of rotatable bonds is 6. The number of carbonyl (C=O) groups excluding carboxylic acids is 1. The molecular weight excluding hydrogens is 338 g/mol. The van der Waals surface area contributed by atoms with Crippen molar-refractivity contribution in [2.24, 2.45) is 5.92 Å². The van der Waals surface area contributed by atoms with E-state index in [1.165, 1.54) is 5.69 Å². The summed E-state index contributed by atoms with van der Waals surface area (Å²) < 4.78 is 0. The fourth-order valence-corrected chi connectivity index (χ4v) is 3.68. The van der Waals surface area contributed by atoms with Gasteiger partial charge in [-0.15, -0.1) is 0 Å². The number of piperidine rings is 1. The summed E-state index contributed by atoms with van der Waals surface area (Å²) in [5.74, 6) is 0.878. The van der Waals surface area contributed by atoms with E-state index in [2.05, 4.69) is 58.0 Å². The normalized spacial score (nSPS) is 17.0. The molecule has 0 spiro atoms. The molecule has 1 fully saturated rings.